The van der Waals surface area contributed by atoms with E-state index in [0.29, 0.717) is 23.9 Å². The SMILES string of the molecule is O=C(Nc1nc2cccc(-c3ccc(CN4CCCCS(=O)(=O)CC4)cc3)n2n1)C1CC1. The van der Waals surface area contributed by atoms with Crippen molar-refractivity contribution in [1.82, 2.24) is 19.5 Å². The van der Waals surface area contributed by atoms with Gasteiger partial charge in [0.1, 0.15) is 0 Å². The molecular weight excluding hydrogens is 426 g/mol. The van der Waals surface area contributed by atoms with Crippen LogP contribution in [0.5, 0.6) is 0 Å². The fourth-order valence-electron chi connectivity index (χ4n) is 4.07. The molecule has 9 heteroatoms. The summed E-state index contributed by atoms with van der Waals surface area (Å²) in [4.78, 5) is 18.7. The van der Waals surface area contributed by atoms with Gasteiger partial charge in [0.25, 0.3) is 0 Å². The second-order valence-electron chi connectivity index (χ2n) is 8.71. The van der Waals surface area contributed by atoms with Crippen molar-refractivity contribution in [3.8, 4) is 11.3 Å². The van der Waals surface area contributed by atoms with Gasteiger partial charge in [0.15, 0.2) is 15.5 Å². The number of sulfone groups is 1. The first-order valence-electron chi connectivity index (χ1n) is 11.2. The number of nitrogens with zero attached hydrogens (tertiary/aromatic N) is 4. The van der Waals surface area contributed by atoms with E-state index >= 15 is 0 Å². The van der Waals surface area contributed by atoms with Gasteiger partial charge in [0, 0.05) is 24.6 Å². The van der Waals surface area contributed by atoms with Gasteiger partial charge >= 0.3 is 0 Å². The van der Waals surface area contributed by atoms with Crippen LogP contribution in [0.4, 0.5) is 5.95 Å². The Morgan fingerprint density at radius 1 is 1.03 bits per heavy atom. The monoisotopic (exact) mass is 453 g/mol. The number of aromatic nitrogens is 3. The zero-order chi connectivity index (χ0) is 22.1. The van der Waals surface area contributed by atoms with Crippen LogP contribution in [0.3, 0.4) is 0 Å². The zero-order valence-corrected chi connectivity index (χ0v) is 18.7. The molecule has 1 amide bonds. The number of hydrogen-bond donors (Lipinski definition) is 1. The van der Waals surface area contributed by atoms with Crippen molar-refractivity contribution in [3.63, 3.8) is 0 Å². The topological polar surface area (TPSA) is 96.7 Å². The molecule has 1 aliphatic carbocycles. The molecule has 3 aromatic rings. The highest BCUT2D eigenvalue weighted by atomic mass is 32.2. The van der Waals surface area contributed by atoms with Crippen LogP contribution in [-0.2, 0) is 21.2 Å². The van der Waals surface area contributed by atoms with E-state index in [9.17, 15) is 13.2 Å². The van der Waals surface area contributed by atoms with Crippen LogP contribution >= 0.6 is 0 Å². The highest BCUT2D eigenvalue weighted by Gasteiger charge is 2.30. The van der Waals surface area contributed by atoms with E-state index < -0.39 is 9.84 Å². The molecule has 168 valence electrons. The average Bonchev–Trinajstić information content (AvgIpc) is 3.54. The van der Waals surface area contributed by atoms with Crippen LogP contribution in [-0.4, -0.2) is 58.4 Å². The van der Waals surface area contributed by atoms with Crippen LogP contribution in [0.15, 0.2) is 42.5 Å². The quantitative estimate of drug-likeness (QED) is 0.638. The summed E-state index contributed by atoms with van der Waals surface area (Å²) in [6.07, 6.45) is 3.52. The number of rotatable bonds is 5. The fourth-order valence-corrected chi connectivity index (χ4v) is 5.46. The van der Waals surface area contributed by atoms with Crippen LogP contribution < -0.4 is 5.32 Å². The van der Waals surface area contributed by atoms with Gasteiger partial charge in [-0.25, -0.2) is 12.9 Å². The first-order chi connectivity index (χ1) is 15.5. The highest BCUT2D eigenvalue weighted by Crippen LogP contribution is 2.30. The normalized spacial score (nSPS) is 19.4. The molecule has 2 aliphatic rings. The van der Waals surface area contributed by atoms with Gasteiger partial charge in [-0.3, -0.25) is 15.0 Å². The van der Waals surface area contributed by atoms with Crippen molar-refractivity contribution < 1.29 is 13.2 Å². The summed E-state index contributed by atoms with van der Waals surface area (Å²) in [7, 11) is -2.92. The predicted molar refractivity (Wildman–Crippen MR) is 123 cm³/mol. The molecule has 0 bridgehead atoms. The summed E-state index contributed by atoms with van der Waals surface area (Å²) in [5.41, 5.74) is 3.72. The molecule has 1 saturated heterocycles. The molecule has 1 aromatic carbocycles. The number of amides is 1. The summed E-state index contributed by atoms with van der Waals surface area (Å²) in [5.74, 6) is 0.970. The third kappa shape index (κ3) is 4.83. The second-order valence-corrected chi connectivity index (χ2v) is 11.0. The van der Waals surface area contributed by atoms with Crippen molar-refractivity contribution in [2.45, 2.75) is 32.2 Å². The van der Waals surface area contributed by atoms with Crippen LogP contribution in [0, 0.1) is 5.92 Å². The van der Waals surface area contributed by atoms with Gasteiger partial charge < -0.3 is 0 Å². The van der Waals surface area contributed by atoms with Gasteiger partial charge in [-0.15, -0.1) is 5.10 Å². The maximum Gasteiger partial charge on any atom is 0.249 e. The average molecular weight is 454 g/mol. The summed E-state index contributed by atoms with van der Waals surface area (Å²) in [6, 6.07) is 14.0. The minimum atomic E-state index is -2.92. The lowest BCUT2D eigenvalue weighted by molar-refractivity contribution is -0.117. The summed E-state index contributed by atoms with van der Waals surface area (Å²) >= 11 is 0. The first kappa shape index (κ1) is 21.1. The number of nitrogens with one attached hydrogen (secondary N) is 1. The Hall–Kier alpha value is -2.78. The highest BCUT2D eigenvalue weighted by molar-refractivity contribution is 7.91. The molecule has 32 heavy (non-hydrogen) atoms. The maximum absolute atomic E-state index is 12.0. The molecule has 0 atom stereocenters. The molecule has 0 unspecified atom stereocenters. The van der Waals surface area contributed by atoms with Crippen LogP contribution in [0.1, 0.15) is 31.2 Å². The fraction of sp³-hybridized carbons (Fsp3) is 0.435. The molecule has 2 aromatic heterocycles. The Balaban J connectivity index is 1.32. The summed E-state index contributed by atoms with van der Waals surface area (Å²) in [6.45, 7) is 2.24. The van der Waals surface area contributed by atoms with Gasteiger partial charge in [0.05, 0.1) is 17.2 Å². The largest absolute Gasteiger partial charge is 0.298 e. The first-order valence-corrected chi connectivity index (χ1v) is 13.0. The molecular formula is C23H27N5O3S. The number of carbonyl (C=O) groups excluding carboxylic acids is 1. The number of pyridine rings is 1. The van der Waals surface area contributed by atoms with Gasteiger partial charge in [-0.2, -0.15) is 4.98 Å². The standard InChI is InChI=1S/C23H27N5O3S/c29-22(19-10-11-19)25-23-24-21-5-3-4-20(28(21)26-23)18-8-6-17(7-9-18)16-27-12-1-2-14-32(30,31)15-13-27/h3-9,19H,1-2,10-16H2,(H,25,26,29). The number of anilines is 1. The van der Waals surface area contributed by atoms with Crippen LogP contribution in [0.25, 0.3) is 16.9 Å². The van der Waals surface area contributed by atoms with E-state index in [4.69, 9.17) is 0 Å². The lowest BCUT2D eigenvalue weighted by atomic mass is 10.1. The van der Waals surface area contributed by atoms with Crippen molar-refractivity contribution in [1.29, 1.82) is 0 Å². The molecule has 1 saturated carbocycles. The van der Waals surface area contributed by atoms with E-state index in [1.165, 1.54) is 0 Å². The lowest BCUT2D eigenvalue weighted by Crippen LogP contribution is -2.33. The number of carbonyl (C=O) groups is 1. The molecule has 8 nitrogen and oxygen atoms in total. The molecule has 3 heterocycles. The number of hydrogen-bond acceptors (Lipinski definition) is 6. The molecule has 0 radical (unpaired) electrons. The van der Waals surface area contributed by atoms with E-state index in [0.717, 1.165) is 55.6 Å². The van der Waals surface area contributed by atoms with Crippen molar-refractivity contribution in [2.75, 3.05) is 29.9 Å². The third-order valence-electron chi connectivity index (χ3n) is 6.10. The number of benzene rings is 1. The lowest BCUT2D eigenvalue weighted by Gasteiger charge is -2.24. The van der Waals surface area contributed by atoms with E-state index in [-0.39, 0.29) is 17.6 Å². The molecule has 5 rings (SSSR count). The van der Waals surface area contributed by atoms with E-state index in [1.54, 1.807) is 4.52 Å². The minimum absolute atomic E-state index is 0.0103. The Morgan fingerprint density at radius 2 is 1.84 bits per heavy atom. The maximum atomic E-state index is 12.0. The Kier molecular flexibility index (Phi) is 5.69. The molecule has 2 fully saturated rings. The Labute approximate surface area is 187 Å². The Bertz CT molecular complexity index is 1230. The molecule has 1 aliphatic heterocycles. The number of fused-ring (bicyclic) bond motifs is 1. The van der Waals surface area contributed by atoms with E-state index in [2.05, 4.69) is 44.6 Å². The second kappa shape index (κ2) is 8.63. The smallest absolute Gasteiger partial charge is 0.249 e. The van der Waals surface area contributed by atoms with Crippen molar-refractivity contribution >= 4 is 27.3 Å². The van der Waals surface area contributed by atoms with Crippen molar-refractivity contribution in [2.24, 2.45) is 5.92 Å². The summed E-state index contributed by atoms with van der Waals surface area (Å²) in [5, 5.41) is 7.31. The predicted octanol–water partition coefficient (Wildman–Crippen LogP) is 2.76. The molecule has 0 spiro atoms. The van der Waals surface area contributed by atoms with Gasteiger partial charge in [0.2, 0.25) is 11.9 Å². The zero-order valence-electron chi connectivity index (χ0n) is 17.9. The van der Waals surface area contributed by atoms with Gasteiger partial charge in [-0.05, 0) is 49.9 Å². The van der Waals surface area contributed by atoms with E-state index in [1.807, 2.05) is 18.2 Å². The van der Waals surface area contributed by atoms with Crippen LogP contribution in [0.2, 0.25) is 0 Å². The Morgan fingerprint density at radius 3 is 2.62 bits per heavy atom. The van der Waals surface area contributed by atoms with Crippen molar-refractivity contribution in [3.05, 3.63) is 48.0 Å². The molecule has 1 N–H and O–H groups in total. The van der Waals surface area contributed by atoms with Gasteiger partial charge in [-0.1, -0.05) is 30.3 Å². The summed E-state index contributed by atoms with van der Waals surface area (Å²) < 4.78 is 25.7. The minimum Gasteiger partial charge on any atom is -0.298 e. The third-order valence-corrected chi connectivity index (χ3v) is 7.81.